The third-order valence-corrected chi connectivity index (χ3v) is 3.39. The summed E-state index contributed by atoms with van der Waals surface area (Å²) < 4.78 is 0. The molecule has 0 aromatic heterocycles. The molecule has 0 atom stereocenters. The molecule has 1 aliphatic carbocycles. The molecule has 0 heterocycles. The molecule has 1 aromatic carbocycles. The lowest BCUT2D eigenvalue weighted by atomic mass is 10.1. The summed E-state index contributed by atoms with van der Waals surface area (Å²) in [4.78, 5) is 13.9. The minimum absolute atomic E-state index is 0.0203. The lowest BCUT2D eigenvalue weighted by Gasteiger charge is -2.19. The lowest BCUT2D eigenvalue weighted by Crippen LogP contribution is -2.32. The Kier molecular flexibility index (Phi) is 3.99. The molecule has 0 fully saturated rings. The van der Waals surface area contributed by atoms with Gasteiger partial charge < -0.3 is 4.90 Å². The van der Waals surface area contributed by atoms with Gasteiger partial charge in [0.25, 0.3) is 5.91 Å². The van der Waals surface area contributed by atoms with Crippen molar-refractivity contribution in [2.24, 2.45) is 0 Å². The van der Waals surface area contributed by atoms with Crippen molar-refractivity contribution in [1.82, 2.24) is 4.90 Å². The van der Waals surface area contributed by atoms with Gasteiger partial charge in [0.2, 0.25) is 0 Å². The predicted molar refractivity (Wildman–Crippen MR) is 70.3 cm³/mol. The number of amides is 1. The van der Waals surface area contributed by atoms with Gasteiger partial charge in [-0.25, -0.2) is 0 Å². The van der Waals surface area contributed by atoms with Gasteiger partial charge in [0, 0.05) is 12.1 Å². The normalized spacial score (nSPS) is 12.9. The van der Waals surface area contributed by atoms with Crippen LogP contribution in [0.5, 0.6) is 0 Å². The molecule has 0 saturated heterocycles. The number of nitriles is 1. The van der Waals surface area contributed by atoms with Crippen molar-refractivity contribution in [2.75, 3.05) is 13.1 Å². The highest BCUT2D eigenvalue weighted by molar-refractivity contribution is 5.94. The lowest BCUT2D eigenvalue weighted by molar-refractivity contribution is 0.0776. The SMILES string of the molecule is CCCN(CC#N)C(=O)c1ccc2c(c1)CCC2. The monoisotopic (exact) mass is 242 g/mol. The molecule has 3 heteroatoms. The molecule has 0 radical (unpaired) electrons. The molecular weight excluding hydrogens is 224 g/mol. The first-order valence-corrected chi connectivity index (χ1v) is 6.54. The van der Waals surface area contributed by atoms with E-state index < -0.39 is 0 Å². The summed E-state index contributed by atoms with van der Waals surface area (Å²) in [6.07, 6.45) is 4.26. The Balaban J connectivity index is 2.19. The Morgan fingerprint density at radius 3 is 2.89 bits per heavy atom. The average Bonchev–Trinajstić information content (AvgIpc) is 2.84. The molecule has 0 aliphatic heterocycles. The zero-order valence-electron chi connectivity index (χ0n) is 10.8. The van der Waals surface area contributed by atoms with E-state index in [0.717, 1.165) is 24.8 Å². The second-order valence-corrected chi connectivity index (χ2v) is 4.72. The Hall–Kier alpha value is -1.82. The zero-order chi connectivity index (χ0) is 13.0. The zero-order valence-corrected chi connectivity index (χ0v) is 10.8. The van der Waals surface area contributed by atoms with E-state index in [1.54, 1.807) is 4.90 Å². The number of carbonyl (C=O) groups excluding carboxylic acids is 1. The third kappa shape index (κ3) is 2.53. The van der Waals surface area contributed by atoms with Gasteiger partial charge in [-0.3, -0.25) is 4.79 Å². The molecule has 1 aliphatic rings. The van der Waals surface area contributed by atoms with Crippen LogP contribution in [0.3, 0.4) is 0 Å². The third-order valence-electron chi connectivity index (χ3n) is 3.39. The van der Waals surface area contributed by atoms with Crippen molar-refractivity contribution >= 4 is 5.91 Å². The standard InChI is InChI=1S/C15H18N2O/c1-2-9-17(10-8-16)15(18)14-7-6-12-4-3-5-13(12)11-14/h6-7,11H,2-5,9-10H2,1H3. The number of benzene rings is 1. The van der Waals surface area contributed by atoms with E-state index in [1.807, 2.05) is 19.1 Å². The largest absolute Gasteiger partial charge is 0.325 e. The molecule has 0 unspecified atom stereocenters. The van der Waals surface area contributed by atoms with Crippen LogP contribution in [0.25, 0.3) is 0 Å². The van der Waals surface area contributed by atoms with Crippen LogP contribution in [-0.2, 0) is 12.8 Å². The molecule has 18 heavy (non-hydrogen) atoms. The molecule has 1 amide bonds. The van der Waals surface area contributed by atoms with Crippen molar-refractivity contribution < 1.29 is 4.79 Å². The molecule has 0 spiro atoms. The average molecular weight is 242 g/mol. The number of nitrogens with zero attached hydrogens (tertiary/aromatic N) is 2. The molecule has 94 valence electrons. The Morgan fingerprint density at radius 2 is 2.17 bits per heavy atom. The van der Waals surface area contributed by atoms with Gasteiger partial charge in [-0.1, -0.05) is 13.0 Å². The van der Waals surface area contributed by atoms with Crippen molar-refractivity contribution in [3.05, 3.63) is 34.9 Å². The van der Waals surface area contributed by atoms with Crippen LogP contribution < -0.4 is 0 Å². The Bertz CT molecular complexity index is 488. The molecule has 0 bridgehead atoms. The van der Waals surface area contributed by atoms with E-state index in [0.29, 0.717) is 6.54 Å². The highest BCUT2D eigenvalue weighted by Crippen LogP contribution is 2.23. The second kappa shape index (κ2) is 5.68. The maximum absolute atomic E-state index is 12.3. The molecule has 0 saturated carbocycles. The quantitative estimate of drug-likeness (QED) is 0.762. The fourth-order valence-electron chi connectivity index (χ4n) is 2.50. The van der Waals surface area contributed by atoms with E-state index in [9.17, 15) is 4.79 Å². The number of fused-ring (bicyclic) bond motifs is 1. The van der Waals surface area contributed by atoms with Crippen molar-refractivity contribution in [2.45, 2.75) is 32.6 Å². The summed E-state index contributed by atoms with van der Waals surface area (Å²) in [6.45, 7) is 2.83. The Labute approximate surface area is 108 Å². The molecular formula is C15H18N2O. The van der Waals surface area contributed by atoms with Crippen LogP contribution in [0.15, 0.2) is 18.2 Å². The van der Waals surface area contributed by atoms with Gasteiger partial charge in [0.15, 0.2) is 0 Å². The van der Waals surface area contributed by atoms with Crippen molar-refractivity contribution in [3.8, 4) is 6.07 Å². The summed E-state index contributed by atoms with van der Waals surface area (Å²) in [7, 11) is 0. The summed E-state index contributed by atoms with van der Waals surface area (Å²) in [5, 5.41) is 8.77. The van der Waals surface area contributed by atoms with Crippen LogP contribution in [0.2, 0.25) is 0 Å². The van der Waals surface area contributed by atoms with E-state index >= 15 is 0 Å². The first-order chi connectivity index (χ1) is 8.76. The first kappa shape index (κ1) is 12.6. The topological polar surface area (TPSA) is 44.1 Å². The minimum atomic E-state index is -0.0203. The van der Waals surface area contributed by atoms with Crippen molar-refractivity contribution in [3.63, 3.8) is 0 Å². The van der Waals surface area contributed by atoms with E-state index in [4.69, 9.17) is 5.26 Å². The van der Waals surface area contributed by atoms with Gasteiger partial charge in [0.05, 0.1) is 6.07 Å². The smallest absolute Gasteiger partial charge is 0.254 e. The predicted octanol–water partition coefficient (Wildman–Crippen LogP) is 2.55. The van der Waals surface area contributed by atoms with Crippen LogP contribution in [0.4, 0.5) is 0 Å². The van der Waals surface area contributed by atoms with E-state index in [2.05, 4.69) is 12.1 Å². The van der Waals surface area contributed by atoms with Crippen LogP contribution in [0, 0.1) is 11.3 Å². The maximum atomic E-state index is 12.3. The van der Waals surface area contributed by atoms with Crippen LogP contribution in [-0.4, -0.2) is 23.9 Å². The highest BCUT2D eigenvalue weighted by atomic mass is 16.2. The molecule has 0 N–H and O–H groups in total. The fourth-order valence-corrected chi connectivity index (χ4v) is 2.50. The van der Waals surface area contributed by atoms with Crippen LogP contribution in [0.1, 0.15) is 41.3 Å². The van der Waals surface area contributed by atoms with Gasteiger partial charge >= 0.3 is 0 Å². The number of hydrogen-bond donors (Lipinski definition) is 0. The molecule has 1 aromatic rings. The number of rotatable bonds is 4. The summed E-state index contributed by atoms with van der Waals surface area (Å²) in [5.41, 5.74) is 3.39. The fraction of sp³-hybridized carbons (Fsp3) is 0.467. The summed E-state index contributed by atoms with van der Waals surface area (Å²) in [5.74, 6) is -0.0203. The molecule has 2 rings (SSSR count). The van der Waals surface area contributed by atoms with Gasteiger partial charge in [-0.2, -0.15) is 5.26 Å². The van der Waals surface area contributed by atoms with Gasteiger partial charge in [-0.05, 0) is 48.9 Å². The van der Waals surface area contributed by atoms with Crippen LogP contribution >= 0.6 is 0 Å². The Morgan fingerprint density at radius 1 is 1.39 bits per heavy atom. The number of aryl methyl sites for hydroxylation is 2. The number of hydrogen-bond acceptors (Lipinski definition) is 2. The van der Waals surface area contributed by atoms with E-state index in [1.165, 1.54) is 17.5 Å². The second-order valence-electron chi connectivity index (χ2n) is 4.72. The minimum Gasteiger partial charge on any atom is -0.325 e. The van der Waals surface area contributed by atoms with Gasteiger partial charge in [-0.15, -0.1) is 0 Å². The maximum Gasteiger partial charge on any atom is 0.254 e. The van der Waals surface area contributed by atoms with Gasteiger partial charge in [0.1, 0.15) is 6.54 Å². The first-order valence-electron chi connectivity index (χ1n) is 6.54. The number of carbonyl (C=O) groups is 1. The highest BCUT2D eigenvalue weighted by Gasteiger charge is 2.17. The molecule has 3 nitrogen and oxygen atoms in total. The van der Waals surface area contributed by atoms with E-state index in [-0.39, 0.29) is 12.5 Å². The van der Waals surface area contributed by atoms with Crippen molar-refractivity contribution in [1.29, 1.82) is 5.26 Å². The summed E-state index contributed by atoms with van der Waals surface area (Å²) in [6, 6.07) is 8.02. The summed E-state index contributed by atoms with van der Waals surface area (Å²) >= 11 is 0.